The summed E-state index contributed by atoms with van der Waals surface area (Å²) in [5.74, 6) is 0. The highest BCUT2D eigenvalue weighted by Gasteiger charge is 2.26. The molecular formula is C14H21NO2. The highest BCUT2D eigenvalue weighted by Crippen LogP contribution is 2.17. The number of nitrogens with one attached hydrogen (secondary N) is 1. The molecule has 1 aromatic rings. The standard InChI is InChI=1S/C14H21NO2/c1-11(12-6-4-3-5-7-12)15-13-8-9-17-10-14(13)16-2/h3-7,11,13-15H,8-10H2,1-2H3/t11-,13-,14+/m0/s1. The van der Waals surface area contributed by atoms with Crippen LogP contribution in [0.1, 0.15) is 24.9 Å². The highest BCUT2D eigenvalue weighted by molar-refractivity contribution is 5.18. The van der Waals surface area contributed by atoms with Crippen LogP contribution in [0.3, 0.4) is 0 Å². The first kappa shape index (κ1) is 12.6. The van der Waals surface area contributed by atoms with Crippen LogP contribution >= 0.6 is 0 Å². The van der Waals surface area contributed by atoms with E-state index in [1.165, 1.54) is 5.56 Å². The minimum atomic E-state index is 0.162. The summed E-state index contributed by atoms with van der Waals surface area (Å²) >= 11 is 0. The highest BCUT2D eigenvalue weighted by atomic mass is 16.5. The fourth-order valence-corrected chi connectivity index (χ4v) is 2.29. The van der Waals surface area contributed by atoms with Crippen molar-refractivity contribution in [3.05, 3.63) is 35.9 Å². The molecule has 0 aliphatic carbocycles. The van der Waals surface area contributed by atoms with Gasteiger partial charge in [0.1, 0.15) is 0 Å². The van der Waals surface area contributed by atoms with Crippen molar-refractivity contribution in [2.75, 3.05) is 20.3 Å². The van der Waals surface area contributed by atoms with Gasteiger partial charge in [-0.2, -0.15) is 0 Å². The summed E-state index contributed by atoms with van der Waals surface area (Å²) in [7, 11) is 1.75. The molecule has 0 unspecified atom stereocenters. The normalized spacial score (nSPS) is 26.7. The van der Waals surface area contributed by atoms with Crippen molar-refractivity contribution in [3.63, 3.8) is 0 Å². The second-order valence-corrected chi connectivity index (χ2v) is 4.54. The summed E-state index contributed by atoms with van der Waals surface area (Å²) in [6.07, 6.45) is 1.17. The van der Waals surface area contributed by atoms with Gasteiger partial charge < -0.3 is 14.8 Å². The molecule has 0 saturated carbocycles. The van der Waals surface area contributed by atoms with Gasteiger partial charge >= 0.3 is 0 Å². The molecule has 1 heterocycles. The maximum Gasteiger partial charge on any atom is 0.0958 e. The van der Waals surface area contributed by atoms with E-state index in [1.54, 1.807) is 7.11 Å². The Morgan fingerprint density at radius 3 is 2.82 bits per heavy atom. The van der Waals surface area contributed by atoms with E-state index in [1.807, 2.05) is 6.07 Å². The second kappa shape index (κ2) is 6.15. The van der Waals surface area contributed by atoms with Crippen LogP contribution in [0.15, 0.2) is 30.3 Å². The molecule has 3 atom stereocenters. The van der Waals surface area contributed by atoms with Crippen LogP contribution < -0.4 is 5.32 Å². The number of rotatable bonds is 4. The zero-order chi connectivity index (χ0) is 12.1. The Morgan fingerprint density at radius 2 is 2.12 bits per heavy atom. The number of methoxy groups -OCH3 is 1. The van der Waals surface area contributed by atoms with E-state index in [9.17, 15) is 0 Å². The van der Waals surface area contributed by atoms with Gasteiger partial charge in [0, 0.05) is 25.8 Å². The zero-order valence-electron chi connectivity index (χ0n) is 10.6. The Morgan fingerprint density at radius 1 is 1.35 bits per heavy atom. The molecule has 94 valence electrons. The van der Waals surface area contributed by atoms with E-state index in [4.69, 9.17) is 9.47 Å². The van der Waals surface area contributed by atoms with Crippen LogP contribution in [0, 0.1) is 0 Å². The summed E-state index contributed by atoms with van der Waals surface area (Å²) in [6, 6.07) is 11.2. The Hall–Kier alpha value is -0.900. The first-order valence-electron chi connectivity index (χ1n) is 6.23. The zero-order valence-corrected chi connectivity index (χ0v) is 10.6. The SMILES string of the molecule is CO[C@@H]1COCC[C@@H]1N[C@@H](C)c1ccccc1. The maximum atomic E-state index is 5.45. The van der Waals surface area contributed by atoms with Crippen LogP contribution in [0.25, 0.3) is 0 Å². The molecule has 0 spiro atoms. The van der Waals surface area contributed by atoms with Gasteiger partial charge in [-0.15, -0.1) is 0 Å². The number of benzene rings is 1. The molecule has 0 radical (unpaired) electrons. The van der Waals surface area contributed by atoms with Gasteiger partial charge in [-0.3, -0.25) is 0 Å². The lowest BCUT2D eigenvalue weighted by Gasteiger charge is -2.33. The smallest absolute Gasteiger partial charge is 0.0958 e. The maximum absolute atomic E-state index is 5.45. The first-order valence-corrected chi connectivity index (χ1v) is 6.23. The number of ether oxygens (including phenoxy) is 2. The summed E-state index contributed by atoms with van der Waals surface area (Å²) < 4.78 is 10.9. The molecular weight excluding hydrogens is 214 g/mol. The van der Waals surface area contributed by atoms with E-state index < -0.39 is 0 Å². The van der Waals surface area contributed by atoms with Crippen molar-refractivity contribution >= 4 is 0 Å². The summed E-state index contributed by atoms with van der Waals surface area (Å²) in [4.78, 5) is 0. The Balaban J connectivity index is 1.95. The van der Waals surface area contributed by atoms with Crippen molar-refractivity contribution in [2.45, 2.75) is 31.5 Å². The summed E-state index contributed by atoms with van der Waals surface area (Å²) in [5, 5.41) is 3.63. The van der Waals surface area contributed by atoms with Gasteiger partial charge in [0.25, 0.3) is 0 Å². The topological polar surface area (TPSA) is 30.5 Å². The van der Waals surface area contributed by atoms with E-state index >= 15 is 0 Å². The Kier molecular flexibility index (Phi) is 4.54. The molecule has 1 fully saturated rings. The predicted molar refractivity (Wildman–Crippen MR) is 68.0 cm³/mol. The molecule has 3 heteroatoms. The van der Waals surface area contributed by atoms with Gasteiger partial charge in [-0.1, -0.05) is 30.3 Å². The summed E-state index contributed by atoms with van der Waals surface area (Å²) in [6.45, 7) is 3.70. The van der Waals surface area contributed by atoms with Gasteiger partial charge in [-0.05, 0) is 18.9 Å². The van der Waals surface area contributed by atoms with Crippen molar-refractivity contribution in [2.24, 2.45) is 0 Å². The average molecular weight is 235 g/mol. The molecule has 0 bridgehead atoms. The molecule has 1 aromatic carbocycles. The van der Waals surface area contributed by atoms with E-state index in [0.29, 0.717) is 18.7 Å². The van der Waals surface area contributed by atoms with Crippen LogP contribution in [-0.2, 0) is 9.47 Å². The number of hydrogen-bond acceptors (Lipinski definition) is 3. The van der Waals surface area contributed by atoms with Crippen LogP contribution in [0.2, 0.25) is 0 Å². The largest absolute Gasteiger partial charge is 0.379 e. The van der Waals surface area contributed by atoms with Gasteiger partial charge in [0.2, 0.25) is 0 Å². The van der Waals surface area contributed by atoms with Gasteiger partial charge in [-0.25, -0.2) is 0 Å². The lowest BCUT2D eigenvalue weighted by Crippen LogP contribution is -2.48. The minimum Gasteiger partial charge on any atom is -0.379 e. The van der Waals surface area contributed by atoms with Crippen molar-refractivity contribution < 1.29 is 9.47 Å². The Labute approximate surface area is 103 Å². The second-order valence-electron chi connectivity index (χ2n) is 4.54. The molecule has 1 saturated heterocycles. The molecule has 3 nitrogen and oxygen atoms in total. The predicted octanol–water partition coefficient (Wildman–Crippen LogP) is 2.14. The average Bonchev–Trinajstić information content (AvgIpc) is 2.40. The van der Waals surface area contributed by atoms with E-state index in [-0.39, 0.29) is 6.10 Å². The third-order valence-corrected chi connectivity index (χ3v) is 3.37. The van der Waals surface area contributed by atoms with Crippen molar-refractivity contribution in [1.82, 2.24) is 5.32 Å². The third-order valence-electron chi connectivity index (χ3n) is 3.37. The fraction of sp³-hybridized carbons (Fsp3) is 0.571. The molecule has 0 amide bonds. The van der Waals surface area contributed by atoms with Gasteiger partial charge in [0.05, 0.1) is 12.7 Å². The minimum absolute atomic E-state index is 0.162. The lowest BCUT2D eigenvalue weighted by atomic mass is 10.0. The molecule has 1 aliphatic heterocycles. The Bertz CT molecular complexity index is 328. The van der Waals surface area contributed by atoms with Crippen LogP contribution in [0.4, 0.5) is 0 Å². The lowest BCUT2D eigenvalue weighted by molar-refractivity contribution is -0.0518. The number of hydrogen-bond donors (Lipinski definition) is 1. The summed E-state index contributed by atoms with van der Waals surface area (Å²) in [5.41, 5.74) is 1.31. The molecule has 2 rings (SSSR count). The molecule has 17 heavy (non-hydrogen) atoms. The van der Waals surface area contributed by atoms with Crippen molar-refractivity contribution in [1.29, 1.82) is 0 Å². The molecule has 1 N–H and O–H groups in total. The van der Waals surface area contributed by atoms with Gasteiger partial charge in [0.15, 0.2) is 0 Å². The first-order chi connectivity index (χ1) is 8.31. The quantitative estimate of drug-likeness (QED) is 0.867. The monoisotopic (exact) mass is 235 g/mol. The van der Waals surface area contributed by atoms with E-state index in [2.05, 4.69) is 36.5 Å². The van der Waals surface area contributed by atoms with Crippen LogP contribution in [0.5, 0.6) is 0 Å². The van der Waals surface area contributed by atoms with Crippen molar-refractivity contribution in [3.8, 4) is 0 Å². The molecule has 0 aromatic heterocycles. The van der Waals surface area contributed by atoms with Crippen LogP contribution in [-0.4, -0.2) is 32.5 Å². The third kappa shape index (κ3) is 3.28. The fourth-order valence-electron chi connectivity index (χ4n) is 2.29. The van der Waals surface area contributed by atoms with E-state index in [0.717, 1.165) is 13.0 Å². The molecule has 1 aliphatic rings.